The number of amides is 1. The molecule has 2 rings (SSSR count). The first-order chi connectivity index (χ1) is 8.17. The second-order valence-corrected chi connectivity index (χ2v) is 5.67. The predicted molar refractivity (Wildman–Crippen MR) is 66.6 cm³/mol. The van der Waals surface area contributed by atoms with Crippen molar-refractivity contribution in [3.8, 4) is 0 Å². The number of hydrogen-bond donors (Lipinski definition) is 2. The van der Waals surface area contributed by atoms with Crippen molar-refractivity contribution in [3.05, 3.63) is 0 Å². The normalized spacial score (nSPS) is 34.7. The van der Waals surface area contributed by atoms with Crippen molar-refractivity contribution in [2.75, 3.05) is 26.2 Å². The Bertz CT molecular complexity index is 275. The Kier molecular flexibility index (Phi) is 4.05. The lowest BCUT2D eigenvalue weighted by molar-refractivity contribution is -0.143. The van der Waals surface area contributed by atoms with Gasteiger partial charge < -0.3 is 15.3 Å². The summed E-state index contributed by atoms with van der Waals surface area (Å²) >= 11 is 0. The molecule has 1 amide bonds. The molecule has 0 aromatic carbocycles. The molecular weight excluding hydrogens is 216 g/mol. The second kappa shape index (κ2) is 5.36. The van der Waals surface area contributed by atoms with Crippen LogP contribution in [0.25, 0.3) is 0 Å². The quantitative estimate of drug-likeness (QED) is 0.749. The summed E-state index contributed by atoms with van der Waals surface area (Å²) in [4.78, 5) is 14.6. The van der Waals surface area contributed by atoms with Gasteiger partial charge in [0.15, 0.2) is 0 Å². The Balaban J connectivity index is 2.09. The maximum atomic E-state index is 12.6. The van der Waals surface area contributed by atoms with Crippen molar-refractivity contribution < 1.29 is 9.90 Å². The van der Waals surface area contributed by atoms with Crippen LogP contribution in [0.3, 0.4) is 0 Å². The number of likely N-dealkylation sites (tertiary alicyclic amines) is 1. The SMILES string of the molecule is CC1(C(=O)N2CCCCCC2CO)CCNC1. The first-order valence-corrected chi connectivity index (χ1v) is 6.80. The van der Waals surface area contributed by atoms with Crippen LogP contribution in [0.5, 0.6) is 0 Å². The zero-order valence-electron chi connectivity index (χ0n) is 10.7. The van der Waals surface area contributed by atoms with E-state index in [9.17, 15) is 9.90 Å². The van der Waals surface area contributed by atoms with Crippen molar-refractivity contribution >= 4 is 5.91 Å². The van der Waals surface area contributed by atoms with Crippen molar-refractivity contribution in [3.63, 3.8) is 0 Å². The predicted octanol–water partition coefficient (Wildman–Crippen LogP) is 0.749. The maximum absolute atomic E-state index is 12.6. The summed E-state index contributed by atoms with van der Waals surface area (Å²) in [6.45, 7) is 4.68. The molecule has 2 aliphatic rings. The van der Waals surface area contributed by atoms with Crippen LogP contribution in [0.2, 0.25) is 0 Å². The molecule has 2 saturated heterocycles. The summed E-state index contributed by atoms with van der Waals surface area (Å²) in [6.07, 6.45) is 5.25. The molecule has 0 aliphatic carbocycles. The summed E-state index contributed by atoms with van der Waals surface area (Å²) in [5.74, 6) is 0.239. The highest BCUT2D eigenvalue weighted by molar-refractivity contribution is 5.83. The first kappa shape index (κ1) is 12.8. The number of rotatable bonds is 2. The molecule has 0 aromatic heterocycles. The molecule has 2 unspecified atom stereocenters. The fraction of sp³-hybridized carbons (Fsp3) is 0.923. The number of hydrogen-bond acceptors (Lipinski definition) is 3. The van der Waals surface area contributed by atoms with E-state index in [1.165, 1.54) is 6.42 Å². The minimum atomic E-state index is -0.252. The van der Waals surface area contributed by atoms with Crippen molar-refractivity contribution in [1.29, 1.82) is 0 Å². The molecule has 4 heteroatoms. The van der Waals surface area contributed by atoms with Gasteiger partial charge in [0.05, 0.1) is 18.1 Å². The third-order valence-electron chi connectivity index (χ3n) is 4.23. The van der Waals surface area contributed by atoms with E-state index in [4.69, 9.17) is 0 Å². The molecule has 0 spiro atoms. The monoisotopic (exact) mass is 240 g/mol. The average molecular weight is 240 g/mol. The van der Waals surface area contributed by atoms with E-state index in [2.05, 4.69) is 12.2 Å². The van der Waals surface area contributed by atoms with Gasteiger partial charge in [-0.3, -0.25) is 4.79 Å². The molecule has 0 aromatic rings. The molecule has 2 atom stereocenters. The summed E-state index contributed by atoms with van der Waals surface area (Å²) in [5, 5.41) is 12.7. The molecule has 0 radical (unpaired) electrons. The van der Waals surface area contributed by atoms with Crippen LogP contribution in [0.15, 0.2) is 0 Å². The molecule has 2 fully saturated rings. The summed E-state index contributed by atoms with van der Waals surface area (Å²) in [7, 11) is 0. The minimum absolute atomic E-state index is 0.0439. The van der Waals surface area contributed by atoms with Crippen molar-refractivity contribution in [2.24, 2.45) is 5.41 Å². The molecule has 2 aliphatic heterocycles. The van der Waals surface area contributed by atoms with Crippen molar-refractivity contribution in [1.82, 2.24) is 10.2 Å². The molecule has 0 saturated carbocycles. The van der Waals surface area contributed by atoms with Gasteiger partial charge in [0.25, 0.3) is 0 Å². The largest absolute Gasteiger partial charge is 0.394 e. The lowest BCUT2D eigenvalue weighted by Crippen LogP contribution is -2.49. The highest BCUT2D eigenvalue weighted by atomic mass is 16.3. The lowest BCUT2D eigenvalue weighted by Gasteiger charge is -2.35. The minimum Gasteiger partial charge on any atom is -0.394 e. The van der Waals surface area contributed by atoms with Crippen LogP contribution >= 0.6 is 0 Å². The zero-order valence-corrected chi connectivity index (χ0v) is 10.7. The lowest BCUT2D eigenvalue weighted by atomic mass is 9.87. The Morgan fingerprint density at radius 3 is 2.94 bits per heavy atom. The van der Waals surface area contributed by atoms with E-state index in [1.807, 2.05) is 4.90 Å². The van der Waals surface area contributed by atoms with Crippen LogP contribution in [0.1, 0.15) is 39.0 Å². The smallest absolute Gasteiger partial charge is 0.230 e. The Labute approximate surface area is 103 Å². The van der Waals surface area contributed by atoms with Gasteiger partial charge in [-0.1, -0.05) is 12.8 Å². The molecule has 17 heavy (non-hydrogen) atoms. The standard InChI is InChI=1S/C13H24N2O2/c1-13(6-7-14-10-13)12(17)15-8-4-2-3-5-11(15)9-16/h11,14,16H,2-10H2,1H3. The summed E-state index contributed by atoms with van der Waals surface area (Å²) < 4.78 is 0. The third-order valence-corrected chi connectivity index (χ3v) is 4.23. The fourth-order valence-corrected chi connectivity index (χ4v) is 2.98. The van der Waals surface area contributed by atoms with E-state index in [-0.39, 0.29) is 24.0 Å². The molecule has 2 heterocycles. The fourth-order valence-electron chi connectivity index (χ4n) is 2.98. The molecule has 0 bridgehead atoms. The highest BCUT2D eigenvalue weighted by Crippen LogP contribution is 2.30. The summed E-state index contributed by atoms with van der Waals surface area (Å²) in [6, 6.07) is 0.0439. The first-order valence-electron chi connectivity index (χ1n) is 6.80. The number of aliphatic hydroxyl groups excluding tert-OH is 1. The Morgan fingerprint density at radius 2 is 2.29 bits per heavy atom. The van der Waals surface area contributed by atoms with Crippen LogP contribution in [-0.4, -0.2) is 48.2 Å². The van der Waals surface area contributed by atoms with Crippen LogP contribution in [0.4, 0.5) is 0 Å². The maximum Gasteiger partial charge on any atom is 0.230 e. The van der Waals surface area contributed by atoms with Crippen LogP contribution < -0.4 is 5.32 Å². The highest BCUT2D eigenvalue weighted by Gasteiger charge is 2.41. The number of nitrogens with zero attached hydrogens (tertiary/aromatic N) is 1. The van der Waals surface area contributed by atoms with Crippen molar-refractivity contribution in [2.45, 2.75) is 45.1 Å². The molecule has 98 valence electrons. The third kappa shape index (κ3) is 2.63. The van der Waals surface area contributed by atoms with E-state index in [1.54, 1.807) is 0 Å². The Hall–Kier alpha value is -0.610. The number of aliphatic hydroxyl groups is 1. The Morgan fingerprint density at radius 1 is 1.47 bits per heavy atom. The van der Waals surface area contributed by atoms with E-state index < -0.39 is 0 Å². The molecular formula is C13H24N2O2. The number of carbonyl (C=O) groups excluding carboxylic acids is 1. The van der Waals surface area contributed by atoms with Gasteiger partial charge in [0.1, 0.15) is 0 Å². The molecule has 2 N–H and O–H groups in total. The van der Waals surface area contributed by atoms with Gasteiger partial charge in [-0.15, -0.1) is 0 Å². The van der Waals surface area contributed by atoms with Gasteiger partial charge in [0, 0.05) is 13.1 Å². The van der Waals surface area contributed by atoms with E-state index in [0.717, 1.165) is 45.3 Å². The van der Waals surface area contributed by atoms with Gasteiger partial charge in [-0.05, 0) is 32.7 Å². The second-order valence-electron chi connectivity index (χ2n) is 5.67. The zero-order chi connectivity index (χ0) is 12.3. The van der Waals surface area contributed by atoms with E-state index >= 15 is 0 Å². The topological polar surface area (TPSA) is 52.6 Å². The van der Waals surface area contributed by atoms with E-state index in [0.29, 0.717) is 0 Å². The number of carbonyl (C=O) groups is 1. The van der Waals surface area contributed by atoms with Crippen LogP contribution in [-0.2, 0) is 4.79 Å². The van der Waals surface area contributed by atoms with Gasteiger partial charge in [-0.25, -0.2) is 0 Å². The van der Waals surface area contributed by atoms with Gasteiger partial charge >= 0.3 is 0 Å². The average Bonchev–Trinajstić information content (AvgIpc) is 2.65. The number of nitrogens with one attached hydrogen (secondary N) is 1. The molecule has 4 nitrogen and oxygen atoms in total. The van der Waals surface area contributed by atoms with Gasteiger partial charge in [0.2, 0.25) is 5.91 Å². The van der Waals surface area contributed by atoms with Gasteiger partial charge in [-0.2, -0.15) is 0 Å². The van der Waals surface area contributed by atoms with Crippen LogP contribution in [0, 0.1) is 5.41 Å². The summed E-state index contributed by atoms with van der Waals surface area (Å²) in [5.41, 5.74) is -0.252.